The van der Waals surface area contributed by atoms with Crippen LogP contribution in [0.4, 0.5) is 5.82 Å². The van der Waals surface area contributed by atoms with Crippen LogP contribution in [0.5, 0.6) is 0 Å². The first-order valence-electron chi connectivity index (χ1n) is 9.26. The Balaban J connectivity index is 1.61. The van der Waals surface area contributed by atoms with Crippen LogP contribution >= 0.6 is 0 Å². The van der Waals surface area contributed by atoms with Crippen molar-refractivity contribution in [3.05, 3.63) is 48.2 Å². The van der Waals surface area contributed by atoms with Crippen molar-refractivity contribution in [2.45, 2.75) is 25.3 Å². The van der Waals surface area contributed by atoms with Crippen LogP contribution in [0.2, 0.25) is 0 Å². The molecule has 140 valence electrons. The first-order valence-corrected chi connectivity index (χ1v) is 9.26. The van der Waals surface area contributed by atoms with Crippen LogP contribution in [0.3, 0.4) is 0 Å². The Morgan fingerprint density at radius 2 is 2.07 bits per heavy atom. The molecule has 2 aromatic heterocycles. The predicted octanol–water partition coefficient (Wildman–Crippen LogP) is 1.93. The summed E-state index contributed by atoms with van der Waals surface area (Å²) in [4.78, 5) is 18.0. The second-order valence-corrected chi connectivity index (χ2v) is 7.20. The molecular formula is C20H24N6O. The lowest BCUT2D eigenvalue weighted by Gasteiger charge is -2.29. The number of carbonyl (C=O) groups is 1. The van der Waals surface area contributed by atoms with Crippen LogP contribution in [0, 0.1) is 0 Å². The van der Waals surface area contributed by atoms with Gasteiger partial charge in [-0.3, -0.25) is 4.79 Å². The number of imidazole rings is 1. The van der Waals surface area contributed by atoms with Crippen molar-refractivity contribution < 1.29 is 4.79 Å². The second-order valence-electron chi connectivity index (χ2n) is 7.20. The zero-order chi connectivity index (χ0) is 18.8. The molecule has 7 heteroatoms. The highest BCUT2D eigenvalue weighted by molar-refractivity contribution is 5.77. The molecule has 0 bridgehead atoms. The van der Waals surface area contributed by atoms with Gasteiger partial charge in [0.2, 0.25) is 5.91 Å². The number of nitrogens with one attached hydrogen (secondary N) is 1. The minimum absolute atomic E-state index is 0.223. The minimum Gasteiger partial charge on any atom is -0.369 e. The third-order valence-corrected chi connectivity index (χ3v) is 5.03. The van der Waals surface area contributed by atoms with Gasteiger partial charge < -0.3 is 16.0 Å². The molecule has 3 heterocycles. The monoisotopic (exact) mass is 364 g/mol. The maximum Gasteiger partial charge on any atom is 0.221 e. The number of fused-ring (bicyclic) bond motifs is 1. The lowest BCUT2D eigenvalue weighted by atomic mass is 10.1. The second kappa shape index (κ2) is 7.36. The lowest BCUT2D eigenvalue weighted by Crippen LogP contribution is -2.36. The van der Waals surface area contributed by atoms with Crippen LogP contribution in [-0.4, -0.2) is 51.6 Å². The first-order chi connectivity index (χ1) is 13.1. The van der Waals surface area contributed by atoms with E-state index in [1.807, 2.05) is 47.1 Å². The van der Waals surface area contributed by atoms with Gasteiger partial charge in [0.25, 0.3) is 0 Å². The number of nitrogens with two attached hydrogens (primary N) is 1. The van der Waals surface area contributed by atoms with E-state index in [0.717, 1.165) is 54.2 Å². The van der Waals surface area contributed by atoms with E-state index in [0.29, 0.717) is 6.04 Å². The van der Waals surface area contributed by atoms with E-state index < -0.39 is 0 Å². The van der Waals surface area contributed by atoms with Gasteiger partial charge in [0.15, 0.2) is 5.65 Å². The number of piperidine rings is 1. The smallest absolute Gasteiger partial charge is 0.221 e. The molecule has 1 aliphatic heterocycles. The number of anilines is 1. The number of hydrogen-bond donors (Lipinski definition) is 2. The Morgan fingerprint density at radius 3 is 2.85 bits per heavy atom. The molecule has 0 radical (unpaired) electrons. The SMILES string of the molecule is CN1CCC(Nc2ccc3ncc(-c4cccc(CC(N)=O)c4)n3n2)CC1. The largest absolute Gasteiger partial charge is 0.369 e. The fourth-order valence-corrected chi connectivity index (χ4v) is 3.55. The van der Waals surface area contributed by atoms with E-state index in [9.17, 15) is 4.79 Å². The minimum atomic E-state index is -0.340. The molecule has 7 nitrogen and oxygen atoms in total. The average molecular weight is 364 g/mol. The summed E-state index contributed by atoms with van der Waals surface area (Å²) in [6, 6.07) is 12.2. The van der Waals surface area contributed by atoms with Crippen molar-refractivity contribution in [2.75, 3.05) is 25.5 Å². The van der Waals surface area contributed by atoms with E-state index >= 15 is 0 Å². The Hall–Kier alpha value is -2.93. The summed E-state index contributed by atoms with van der Waals surface area (Å²) in [5.74, 6) is 0.512. The molecule has 27 heavy (non-hydrogen) atoms. The highest BCUT2D eigenvalue weighted by Crippen LogP contribution is 2.23. The number of hydrogen-bond acceptors (Lipinski definition) is 5. The molecular weight excluding hydrogens is 340 g/mol. The van der Waals surface area contributed by atoms with Crippen LogP contribution < -0.4 is 11.1 Å². The number of likely N-dealkylation sites (tertiary alicyclic amines) is 1. The van der Waals surface area contributed by atoms with Crippen molar-refractivity contribution in [3.63, 3.8) is 0 Å². The van der Waals surface area contributed by atoms with Crippen LogP contribution in [0.15, 0.2) is 42.6 Å². The average Bonchev–Trinajstić information content (AvgIpc) is 3.06. The molecule has 0 saturated carbocycles. The van der Waals surface area contributed by atoms with Crippen molar-refractivity contribution in [2.24, 2.45) is 5.73 Å². The maximum absolute atomic E-state index is 11.2. The Morgan fingerprint density at radius 1 is 1.26 bits per heavy atom. The van der Waals surface area contributed by atoms with Crippen molar-refractivity contribution in [3.8, 4) is 11.3 Å². The molecule has 0 atom stereocenters. The third-order valence-electron chi connectivity index (χ3n) is 5.03. The Bertz CT molecular complexity index is 958. The maximum atomic E-state index is 11.2. The summed E-state index contributed by atoms with van der Waals surface area (Å²) in [5, 5.41) is 8.31. The third kappa shape index (κ3) is 3.93. The highest BCUT2D eigenvalue weighted by Gasteiger charge is 2.17. The quantitative estimate of drug-likeness (QED) is 0.722. The van der Waals surface area contributed by atoms with Crippen LogP contribution in [0.25, 0.3) is 16.9 Å². The molecule has 1 aliphatic rings. The van der Waals surface area contributed by atoms with E-state index in [2.05, 4.69) is 22.2 Å². The van der Waals surface area contributed by atoms with E-state index in [-0.39, 0.29) is 12.3 Å². The summed E-state index contributed by atoms with van der Waals surface area (Å²) in [7, 11) is 2.16. The topological polar surface area (TPSA) is 88.5 Å². The van der Waals surface area contributed by atoms with Gasteiger partial charge in [-0.05, 0) is 56.7 Å². The van der Waals surface area contributed by atoms with Gasteiger partial charge in [0.05, 0.1) is 18.3 Å². The number of nitrogens with zero attached hydrogens (tertiary/aromatic N) is 4. The van der Waals surface area contributed by atoms with Gasteiger partial charge in [0.1, 0.15) is 5.82 Å². The van der Waals surface area contributed by atoms with Crippen molar-refractivity contribution in [1.82, 2.24) is 19.5 Å². The summed E-state index contributed by atoms with van der Waals surface area (Å²) < 4.78 is 1.85. The standard InChI is InChI=1S/C20H24N6O/c1-25-9-7-16(8-10-25)23-19-5-6-20-22-13-17(26(20)24-19)15-4-2-3-14(11-15)12-18(21)27/h2-6,11,13,16H,7-10,12H2,1H3,(H2,21,27)(H,23,24). The van der Waals surface area contributed by atoms with E-state index in [4.69, 9.17) is 10.8 Å². The van der Waals surface area contributed by atoms with Gasteiger partial charge in [-0.1, -0.05) is 18.2 Å². The molecule has 3 aromatic rings. The summed E-state index contributed by atoms with van der Waals surface area (Å²) in [5.41, 5.74) is 8.85. The number of amides is 1. The number of primary amides is 1. The normalized spacial score (nSPS) is 15.9. The van der Waals surface area contributed by atoms with Crippen LogP contribution in [-0.2, 0) is 11.2 Å². The predicted molar refractivity (Wildman–Crippen MR) is 105 cm³/mol. The molecule has 0 aliphatic carbocycles. The van der Waals surface area contributed by atoms with Gasteiger partial charge in [-0.25, -0.2) is 9.50 Å². The number of aromatic nitrogens is 3. The molecule has 4 rings (SSSR count). The first kappa shape index (κ1) is 17.5. The molecule has 0 spiro atoms. The fourth-order valence-electron chi connectivity index (χ4n) is 3.55. The molecule has 1 amide bonds. The number of rotatable bonds is 5. The van der Waals surface area contributed by atoms with Crippen molar-refractivity contribution >= 4 is 17.4 Å². The summed E-state index contributed by atoms with van der Waals surface area (Å²) in [6.45, 7) is 2.20. The summed E-state index contributed by atoms with van der Waals surface area (Å²) in [6.07, 6.45) is 4.26. The van der Waals surface area contributed by atoms with E-state index in [1.165, 1.54) is 0 Å². The zero-order valence-electron chi connectivity index (χ0n) is 15.4. The van der Waals surface area contributed by atoms with E-state index in [1.54, 1.807) is 0 Å². The highest BCUT2D eigenvalue weighted by atomic mass is 16.1. The van der Waals surface area contributed by atoms with Crippen molar-refractivity contribution in [1.29, 1.82) is 0 Å². The number of carbonyl (C=O) groups excluding carboxylic acids is 1. The van der Waals surface area contributed by atoms with Crippen LogP contribution in [0.1, 0.15) is 18.4 Å². The Labute approximate surface area is 158 Å². The zero-order valence-corrected chi connectivity index (χ0v) is 15.4. The Kier molecular flexibility index (Phi) is 4.77. The number of benzene rings is 1. The van der Waals surface area contributed by atoms with Gasteiger partial charge in [0, 0.05) is 11.6 Å². The molecule has 3 N–H and O–H groups in total. The fraction of sp³-hybridized carbons (Fsp3) is 0.350. The van der Waals surface area contributed by atoms with Gasteiger partial charge >= 0.3 is 0 Å². The molecule has 0 unspecified atom stereocenters. The van der Waals surface area contributed by atoms with Gasteiger partial charge in [-0.2, -0.15) is 0 Å². The molecule has 1 saturated heterocycles. The molecule has 1 fully saturated rings. The molecule has 1 aromatic carbocycles. The lowest BCUT2D eigenvalue weighted by molar-refractivity contribution is -0.117. The summed E-state index contributed by atoms with van der Waals surface area (Å²) >= 11 is 0. The van der Waals surface area contributed by atoms with Gasteiger partial charge in [-0.15, -0.1) is 5.10 Å².